The van der Waals surface area contributed by atoms with Gasteiger partial charge < -0.3 is 0 Å². The minimum atomic E-state index is -0.491. The minimum Gasteiger partial charge on any atom is -0.207 e. The zero-order valence-corrected chi connectivity index (χ0v) is 14.9. The van der Waals surface area contributed by atoms with Crippen molar-refractivity contribution in [2.75, 3.05) is 0 Å². The van der Waals surface area contributed by atoms with Crippen molar-refractivity contribution in [3.05, 3.63) is 71.8 Å². The molecule has 132 valence electrons. The Morgan fingerprint density at radius 3 is 2.12 bits per heavy atom. The highest BCUT2D eigenvalue weighted by Gasteiger charge is 2.18. The smallest absolute Gasteiger partial charge is 0.129 e. The molecule has 0 bridgehead atoms. The normalized spacial score (nSPS) is 20.4. The number of hydrogen-bond acceptors (Lipinski definition) is 0. The molecular formula is C23H26F2. The van der Waals surface area contributed by atoms with Gasteiger partial charge in [-0.05, 0) is 86.1 Å². The highest BCUT2D eigenvalue weighted by atomic mass is 19.1. The summed E-state index contributed by atoms with van der Waals surface area (Å²) in [4.78, 5) is 0. The van der Waals surface area contributed by atoms with Crippen molar-refractivity contribution in [2.24, 2.45) is 11.8 Å². The molecule has 0 amide bonds. The van der Waals surface area contributed by atoms with Crippen molar-refractivity contribution >= 4 is 0 Å². The molecule has 1 aliphatic carbocycles. The topological polar surface area (TPSA) is 0 Å². The lowest BCUT2D eigenvalue weighted by atomic mass is 9.79. The van der Waals surface area contributed by atoms with Gasteiger partial charge in [0.1, 0.15) is 11.6 Å². The fourth-order valence-corrected chi connectivity index (χ4v) is 3.76. The second kappa shape index (κ2) is 7.95. The summed E-state index contributed by atoms with van der Waals surface area (Å²) in [7, 11) is 0. The highest BCUT2D eigenvalue weighted by Crippen LogP contribution is 2.32. The summed E-state index contributed by atoms with van der Waals surface area (Å²) >= 11 is 0. The lowest BCUT2D eigenvalue weighted by Gasteiger charge is -2.26. The Hall–Kier alpha value is -1.96. The third-order valence-electron chi connectivity index (χ3n) is 5.63. The largest absolute Gasteiger partial charge is 0.207 e. The number of aryl methyl sites for hydroxylation is 1. The zero-order valence-electron chi connectivity index (χ0n) is 14.9. The third kappa shape index (κ3) is 4.36. The van der Waals surface area contributed by atoms with E-state index in [-0.39, 0.29) is 5.56 Å². The molecule has 0 aliphatic heterocycles. The summed E-state index contributed by atoms with van der Waals surface area (Å²) in [6.07, 6.45) is 9.55. The van der Waals surface area contributed by atoms with E-state index in [0.29, 0.717) is 11.5 Å². The summed E-state index contributed by atoms with van der Waals surface area (Å²) in [6.45, 7) is 5.36. The molecule has 0 heterocycles. The molecule has 2 aromatic rings. The van der Waals surface area contributed by atoms with Crippen LogP contribution in [0.25, 0.3) is 11.1 Å². The van der Waals surface area contributed by atoms with Crippen LogP contribution in [0.3, 0.4) is 0 Å². The Bertz CT molecular complexity index is 699. The SMILES string of the molecule is C=CC1CCC(CCc2ccc(-c3cc(F)c(C)c(F)c3)cc2)CC1. The van der Waals surface area contributed by atoms with Gasteiger partial charge in [0.05, 0.1) is 0 Å². The van der Waals surface area contributed by atoms with E-state index in [2.05, 4.69) is 24.8 Å². The van der Waals surface area contributed by atoms with Crippen LogP contribution >= 0.6 is 0 Å². The number of hydrogen-bond donors (Lipinski definition) is 0. The molecule has 0 saturated heterocycles. The third-order valence-corrected chi connectivity index (χ3v) is 5.63. The van der Waals surface area contributed by atoms with Gasteiger partial charge in [-0.15, -0.1) is 6.58 Å². The standard InChI is InChI=1S/C23H26F2/c1-3-17-4-6-18(7-5-17)8-9-19-10-12-20(13-11-19)21-14-22(24)16(2)23(25)15-21/h3,10-15,17-18H,1,4-9H2,2H3. The first kappa shape index (κ1) is 17.8. The van der Waals surface area contributed by atoms with Gasteiger partial charge in [0.15, 0.2) is 0 Å². The van der Waals surface area contributed by atoms with Crippen LogP contribution in [-0.4, -0.2) is 0 Å². The van der Waals surface area contributed by atoms with E-state index in [9.17, 15) is 8.78 Å². The molecule has 0 radical (unpaired) electrons. The van der Waals surface area contributed by atoms with Crippen LogP contribution in [0, 0.1) is 30.4 Å². The number of benzene rings is 2. The highest BCUT2D eigenvalue weighted by molar-refractivity contribution is 5.64. The molecule has 25 heavy (non-hydrogen) atoms. The summed E-state index contributed by atoms with van der Waals surface area (Å²) in [5, 5.41) is 0. The van der Waals surface area contributed by atoms with E-state index in [1.165, 1.54) is 56.7 Å². The fraction of sp³-hybridized carbons (Fsp3) is 0.391. The summed E-state index contributed by atoms with van der Waals surface area (Å²) < 4.78 is 27.5. The predicted molar refractivity (Wildman–Crippen MR) is 100 cm³/mol. The first-order chi connectivity index (χ1) is 12.1. The van der Waals surface area contributed by atoms with E-state index in [0.717, 1.165) is 17.9 Å². The molecule has 1 saturated carbocycles. The van der Waals surface area contributed by atoms with Gasteiger partial charge in [0, 0.05) is 5.56 Å². The Balaban J connectivity index is 1.60. The van der Waals surface area contributed by atoms with Crippen molar-refractivity contribution < 1.29 is 8.78 Å². The summed E-state index contributed by atoms with van der Waals surface area (Å²) in [5.41, 5.74) is 2.82. The zero-order chi connectivity index (χ0) is 17.8. The number of allylic oxidation sites excluding steroid dienone is 1. The second-order valence-electron chi connectivity index (χ2n) is 7.32. The van der Waals surface area contributed by atoms with Gasteiger partial charge >= 0.3 is 0 Å². The molecule has 0 spiro atoms. The molecule has 0 N–H and O–H groups in total. The van der Waals surface area contributed by atoms with Crippen molar-refractivity contribution in [3.8, 4) is 11.1 Å². The van der Waals surface area contributed by atoms with Gasteiger partial charge in [-0.1, -0.05) is 30.3 Å². The van der Waals surface area contributed by atoms with Crippen molar-refractivity contribution in [1.29, 1.82) is 0 Å². The Morgan fingerprint density at radius 1 is 0.960 bits per heavy atom. The lowest BCUT2D eigenvalue weighted by Crippen LogP contribution is -2.13. The molecule has 0 atom stereocenters. The van der Waals surface area contributed by atoms with Crippen LogP contribution in [0.1, 0.15) is 43.2 Å². The molecule has 3 rings (SSSR count). The van der Waals surface area contributed by atoms with Crippen molar-refractivity contribution in [2.45, 2.75) is 45.4 Å². The van der Waals surface area contributed by atoms with Crippen LogP contribution in [0.4, 0.5) is 8.78 Å². The fourth-order valence-electron chi connectivity index (χ4n) is 3.76. The van der Waals surface area contributed by atoms with Gasteiger partial charge in [0.2, 0.25) is 0 Å². The molecule has 2 aromatic carbocycles. The Labute approximate surface area is 149 Å². The predicted octanol–water partition coefficient (Wildman–Crippen LogP) is 6.87. The maximum Gasteiger partial charge on any atom is 0.129 e. The van der Waals surface area contributed by atoms with E-state index >= 15 is 0 Å². The molecule has 0 nitrogen and oxygen atoms in total. The average Bonchev–Trinajstić information content (AvgIpc) is 2.65. The molecule has 0 aromatic heterocycles. The Morgan fingerprint density at radius 2 is 1.56 bits per heavy atom. The van der Waals surface area contributed by atoms with E-state index < -0.39 is 11.6 Å². The van der Waals surface area contributed by atoms with E-state index in [4.69, 9.17) is 0 Å². The van der Waals surface area contributed by atoms with Gasteiger partial charge in [-0.2, -0.15) is 0 Å². The van der Waals surface area contributed by atoms with Gasteiger partial charge in [-0.25, -0.2) is 8.78 Å². The molecule has 1 aliphatic rings. The molecular weight excluding hydrogens is 314 g/mol. The first-order valence-corrected chi connectivity index (χ1v) is 9.24. The molecule has 2 heteroatoms. The van der Waals surface area contributed by atoms with Crippen molar-refractivity contribution in [3.63, 3.8) is 0 Å². The van der Waals surface area contributed by atoms with Crippen LogP contribution in [0.5, 0.6) is 0 Å². The lowest BCUT2D eigenvalue weighted by molar-refractivity contribution is 0.296. The second-order valence-corrected chi connectivity index (χ2v) is 7.32. The summed E-state index contributed by atoms with van der Waals surface area (Å²) in [6, 6.07) is 10.9. The molecule has 0 unspecified atom stereocenters. The van der Waals surface area contributed by atoms with Crippen molar-refractivity contribution in [1.82, 2.24) is 0 Å². The monoisotopic (exact) mass is 340 g/mol. The van der Waals surface area contributed by atoms with Gasteiger partial charge in [0.25, 0.3) is 0 Å². The van der Waals surface area contributed by atoms with E-state index in [1.807, 2.05) is 12.1 Å². The first-order valence-electron chi connectivity index (χ1n) is 9.24. The number of rotatable bonds is 5. The van der Waals surface area contributed by atoms with Crippen LogP contribution in [0.15, 0.2) is 49.1 Å². The summed E-state index contributed by atoms with van der Waals surface area (Å²) in [5.74, 6) is 0.547. The maximum atomic E-state index is 13.7. The molecule has 1 fully saturated rings. The maximum absolute atomic E-state index is 13.7. The van der Waals surface area contributed by atoms with E-state index in [1.54, 1.807) is 0 Å². The Kier molecular flexibility index (Phi) is 5.67. The van der Waals surface area contributed by atoms with Crippen LogP contribution in [0.2, 0.25) is 0 Å². The minimum absolute atomic E-state index is 0.0755. The average molecular weight is 340 g/mol. The number of halogens is 2. The quantitative estimate of drug-likeness (QED) is 0.521. The van der Waals surface area contributed by atoms with Crippen LogP contribution < -0.4 is 0 Å². The van der Waals surface area contributed by atoms with Crippen LogP contribution in [-0.2, 0) is 6.42 Å². The van der Waals surface area contributed by atoms with Gasteiger partial charge in [-0.3, -0.25) is 0 Å².